The molecule has 1 amide bonds. The number of ether oxygens (including phenoxy) is 3. The molecule has 2 bridgehead atoms. The first-order valence-corrected chi connectivity index (χ1v) is 11.7. The summed E-state index contributed by atoms with van der Waals surface area (Å²) in [4.78, 5) is 15.8. The Bertz CT molecular complexity index is 1300. The second kappa shape index (κ2) is 8.78. The summed E-state index contributed by atoms with van der Waals surface area (Å²) >= 11 is 5.84. The van der Waals surface area contributed by atoms with Gasteiger partial charge in [-0.15, -0.1) is 0 Å². The van der Waals surface area contributed by atoms with Crippen LogP contribution in [0.15, 0.2) is 66.7 Å². The molecule has 2 heterocycles. The average molecular weight is 490 g/mol. The van der Waals surface area contributed by atoms with Crippen LogP contribution in [0.3, 0.4) is 0 Å². The van der Waals surface area contributed by atoms with E-state index in [4.69, 9.17) is 26.4 Å². The first kappa shape index (κ1) is 23.0. The van der Waals surface area contributed by atoms with Gasteiger partial charge in [-0.25, -0.2) is 0 Å². The molecular weight excluding hydrogens is 462 g/mol. The SMILES string of the molecule is COc1ccc(NC(=O)[C@@H]2[C@H]3NC(=S)N(c4ccccc4C)[C@]2(C)Oc2ccc(OC)cc23)cc1. The number of hydrogen-bond donors (Lipinski definition) is 2. The van der Waals surface area contributed by atoms with Gasteiger partial charge in [-0.3, -0.25) is 9.69 Å². The van der Waals surface area contributed by atoms with Gasteiger partial charge in [0.2, 0.25) is 5.91 Å². The van der Waals surface area contributed by atoms with Crippen molar-refractivity contribution >= 4 is 34.6 Å². The smallest absolute Gasteiger partial charge is 0.236 e. The van der Waals surface area contributed by atoms with Crippen molar-refractivity contribution in [2.45, 2.75) is 25.6 Å². The van der Waals surface area contributed by atoms with Gasteiger partial charge >= 0.3 is 0 Å². The summed E-state index contributed by atoms with van der Waals surface area (Å²) in [5.74, 6) is 1.24. The van der Waals surface area contributed by atoms with Crippen molar-refractivity contribution in [3.05, 3.63) is 77.9 Å². The number of aryl methyl sites for hydroxylation is 1. The lowest BCUT2D eigenvalue weighted by atomic mass is 9.78. The fourth-order valence-electron chi connectivity index (χ4n) is 4.96. The lowest BCUT2D eigenvalue weighted by Crippen LogP contribution is -2.72. The van der Waals surface area contributed by atoms with Crippen molar-refractivity contribution < 1.29 is 19.0 Å². The summed E-state index contributed by atoms with van der Waals surface area (Å²) in [6, 6.07) is 20.4. The number of benzene rings is 3. The molecular formula is C27H27N3O4S. The minimum Gasteiger partial charge on any atom is -0.497 e. The van der Waals surface area contributed by atoms with Gasteiger partial charge in [-0.2, -0.15) is 0 Å². The third kappa shape index (κ3) is 3.83. The third-order valence-electron chi connectivity index (χ3n) is 6.70. The number of methoxy groups -OCH3 is 2. The highest BCUT2D eigenvalue weighted by molar-refractivity contribution is 7.80. The minimum absolute atomic E-state index is 0.190. The van der Waals surface area contributed by atoms with Crippen molar-refractivity contribution in [1.82, 2.24) is 5.32 Å². The predicted molar refractivity (Wildman–Crippen MR) is 139 cm³/mol. The average Bonchev–Trinajstić information content (AvgIpc) is 2.85. The van der Waals surface area contributed by atoms with Crippen LogP contribution in [0.4, 0.5) is 11.4 Å². The Morgan fingerprint density at radius 3 is 2.43 bits per heavy atom. The number of nitrogens with zero attached hydrogens (tertiary/aromatic N) is 1. The van der Waals surface area contributed by atoms with E-state index in [9.17, 15) is 4.79 Å². The van der Waals surface area contributed by atoms with Crippen LogP contribution in [-0.2, 0) is 4.79 Å². The molecule has 0 aromatic heterocycles. The van der Waals surface area contributed by atoms with Crippen molar-refractivity contribution in [3.8, 4) is 17.2 Å². The van der Waals surface area contributed by atoms with Crippen molar-refractivity contribution in [2.75, 3.05) is 24.4 Å². The molecule has 0 aliphatic carbocycles. The Morgan fingerprint density at radius 1 is 1.06 bits per heavy atom. The first-order chi connectivity index (χ1) is 16.9. The maximum Gasteiger partial charge on any atom is 0.236 e. The molecule has 3 aromatic carbocycles. The Morgan fingerprint density at radius 2 is 1.74 bits per heavy atom. The van der Waals surface area contributed by atoms with Crippen LogP contribution in [0, 0.1) is 12.8 Å². The monoisotopic (exact) mass is 489 g/mol. The van der Waals surface area contributed by atoms with E-state index < -0.39 is 17.7 Å². The normalized spacial score (nSPS) is 22.4. The summed E-state index contributed by atoms with van der Waals surface area (Å²) in [6.45, 7) is 3.94. The van der Waals surface area contributed by atoms with E-state index in [1.165, 1.54) is 0 Å². The van der Waals surface area contributed by atoms with Gasteiger partial charge in [0.15, 0.2) is 10.8 Å². The number of thiocarbonyl (C=S) groups is 1. The van der Waals surface area contributed by atoms with Gasteiger partial charge in [0.05, 0.1) is 20.3 Å². The Kier molecular flexibility index (Phi) is 5.76. The number of amides is 1. The zero-order valence-corrected chi connectivity index (χ0v) is 20.8. The van der Waals surface area contributed by atoms with Gasteiger partial charge in [0.25, 0.3) is 0 Å². The number of carbonyl (C=O) groups excluding carboxylic acids is 1. The molecule has 0 saturated carbocycles. The molecule has 2 aliphatic heterocycles. The fourth-order valence-corrected chi connectivity index (χ4v) is 5.37. The van der Waals surface area contributed by atoms with Crippen LogP contribution >= 0.6 is 12.2 Å². The van der Waals surface area contributed by atoms with E-state index in [0.717, 1.165) is 16.8 Å². The second-order valence-electron chi connectivity index (χ2n) is 8.80. The maximum absolute atomic E-state index is 13.9. The number of para-hydroxylation sites is 1. The van der Waals surface area contributed by atoms with Gasteiger partial charge in [-0.05, 0) is 80.2 Å². The van der Waals surface area contributed by atoms with Gasteiger partial charge in [0.1, 0.15) is 23.2 Å². The standard InChI is InChI=1S/C27H27N3O4S/c1-16-7-5-6-8-21(16)30-26(35)29-24-20-15-19(33-4)13-14-22(20)34-27(30,2)23(24)25(31)28-17-9-11-18(32-3)12-10-17/h5-15,23-24H,1-4H3,(H,28,31)(H,29,35)/t23-,24-,27+/m0/s1. The van der Waals surface area contributed by atoms with Crippen LogP contribution in [0.5, 0.6) is 17.2 Å². The quantitative estimate of drug-likeness (QED) is 0.498. The third-order valence-corrected chi connectivity index (χ3v) is 7.00. The topological polar surface area (TPSA) is 72.1 Å². The van der Waals surface area contributed by atoms with E-state index in [1.54, 1.807) is 14.2 Å². The van der Waals surface area contributed by atoms with Crippen LogP contribution in [0.1, 0.15) is 24.1 Å². The second-order valence-corrected chi connectivity index (χ2v) is 9.19. The highest BCUT2D eigenvalue weighted by Gasteiger charge is 2.59. The molecule has 180 valence electrons. The van der Waals surface area contributed by atoms with Crippen LogP contribution in [-0.4, -0.2) is 31.0 Å². The molecule has 1 saturated heterocycles. The summed E-state index contributed by atoms with van der Waals surface area (Å²) in [5, 5.41) is 6.99. The molecule has 3 atom stereocenters. The van der Waals surface area contributed by atoms with Gasteiger partial charge in [0, 0.05) is 16.9 Å². The van der Waals surface area contributed by atoms with E-state index in [0.29, 0.717) is 28.0 Å². The maximum atomic E-state index is 13.9. The minimum atomic E-state index is -1.09. The summed E-state index contributed by atoms with van der Waals surface area (Å²) in [7, 11) is 3.22. The lowest BCUT2D eigenvalue weighted by Gasteiger charge is -2.56. The van der Waals surface area contributed by atoms with E-state index in [2.05, 4.69) is 10.6 Å². The zero-order chi connectivity index (χ0) is 24.7. The molecule has 2 N–H and O–H groups in total. The summed E-state index contributed by atoms with van der Waals surface area (Å²) in [6.07, 6.45) is 0. The molecule has 2 aliphatic rings. The number of anilines is 2. The number of rotatable bonds is 5. The van der Waals surface area contributed by atoms with E-state index >= 15 is 0 Å². The Labute approximate surface area is 210 Å². The largest absolute Gasteiger partial charge is 0.497 e. The van der Waals surface area contributed by atoms with Crippen molar-refractivity contribution in [2.24, 2.45) is 5.92 Å². The van der Waals surface area contributed by atoms with Crippen molar-refractivity contribution in [3.63, 3.8) is 0 Å². The number of carbonyl (C=O) groups is 1. The van der Waals surface area contributed by atoms with E-state index in [-0.39, 0.29) is 5.91 Å². The molecule has 35 heavy (non-hydrogen) atoms. The molecule has 8 heteroatoms. The van der Waals surface area contributed by atoms with Gasteiger partial charge in [-0.1, -0.05) is 18.2 Å². The molecule has 1 fully saturated rings. The summed E-state index contributed by atoms with van der Waals surface area (Å²) in [5.41, 5.74) is 2.31. The zero-order valence-electron chi connectivity index (χ0n) is 20.0. The number of nitrogens with one attached hydrogen (secondary N) is 2. The number of hydrogen-bond acceptors (Lipinski definition) is 5. The molecule has 0 radical (unpaired) electrons. The van der Waals surface area contributed by atoms with Crippen molar-refractivity contribution in [1.29, 1.82) is 0 Å². The first-order valence-electron chi connectivity index (χ1n) is 11.3. The van der Waals surface area contributed by atoms with Crippen LogP contribution in [0.25, 0.3) is 0 Å². The molecule has 3 aromatic rings. The van der Waals surface area contributed by atoms with E-state index in [1.807, 2.05) is 85.5 Å². The van der Waals surface area contributed by atoms with Gasteiger partial charge < -0.3 is 24.8 Å². The highest BCUT2D eigenvalue weighted by atomic mass is 32.1. The Balaban J connectivity index is 1.61. The predicted octanol–water partition coefficient (Wildman–Crippen LogP) is 4.81. The molecule has 5 rings (SSSR count). The molecule has 0 unspecified atom stereocenters. The molecule has 0 spiro atoms. The van der Waals surface area contributed by atoms with Crippen LogP contribution < -0.4 is 29.7 Å². The Hall–Kier alpha value is -3.78. The highest BCUT2D eigenvalue weighted by Crippen LogP contribution is 2.51. The molecule has 7 nitrogen and oxygen atoms in total. The van der Waals surface area contributed by atoms with Crippen LogP contribution in [0.2, 0.25) is 0 Å². The number of fused-ring (bicyclic) bond motifs is 4. The fraction of sp³-hybridized carbons (Fsp3) is 0.259. The lowest BCUT2D eigenvalue weighted by molar-refractivity contribution is -0.130. The summed E-state index contributed by atoms with van der Waals surface area (Å²) < 4.78 is 17.3.